The van der Waals surface area contributed by atoms with Gasteiger partial charge in [0.2, 0.25) is 0 Å². The van der Waals surface area contributed by atoms with Gasteiger partial charge < -0.3 is 14.2 Å². The Balaban J connectivity index is 2.34. The zero-order valence-corrected chi connectivity index (χ0v) is 14.6. The molecule has 0 amide bonds. The first-order valence-corrected chi connectivity index (χ1v) is 8.00. The van der Waals surface area contributed by atoms with Gasteiger partial charge in [0, 0.05) is 32.0 Å². The summed E-state index contributed by atoms with van der Waals surface area (Å²) < 4.78 is 17.1. The third-order valence-corrected chi connectivity index (χ3v) is 3.83. The molecule has 1 N–H and O–H groups in total. The van der Waals surface area contributed by atoms with E-state index >= 15 is 0 Å². The van der Waals surface area contributed by atoms with Crippen LogP contribution >= 0.6 is 0 Å². The monoisotopic (exact) mass is 354 g/mol. The fourth-order valence-electron chi connectivity index (χ4n) is 2.70. The maximum absolute atomic E-state index is 12.2. The van der Waals surface area contributed by atoms with Crippen LogP contribution in [0.2, 0.25) is 0 Å². The largest absolute Gasteiger partial charge is 0.463 e. The molecule has 2 rings (SSSR count). The van der Waals surface area contributed by atoms with E-state index in [1.165, 1.54) is 24.6 Å². The highest BCUT2D eigenvalue weighted by atomic mass is 16.6. The minimum absolute atomic E-state index is 0.0151. The molecule has 1 aliphatic heterocycles. The Bertz CT molecular complexity index is 764. The molecule has 25 heavy (non-hydrogen) atoms. The maximum atomic E-state index is 12.2. The predicted octanol–water partition coefficient (Wildman–Crippen LogP) is 0.442. The molecule has 9 heteroatoms. The lowest BCUT2D eigenvalue weighted by Crippen LogP contribution is -2.38. The first kappa shape index (κ1) is 18.9. The fraction of sp³-hybridized carbons (Fsp3) is 0.625. The van der Waals surface area contributed by atoms with Crippen molar-refractivity contribution in [3.63, 3.8) is 0 Å². The highest BCUT2D eigenvalue weighted by molar-refractivity contribution is 5.66. The maximum Gasteiger partial charge on any atom is 0.330 e. The van der Waals surface area contributed by atoms with Crippen LogP contribution in [0.25, 0.3) is 0 Å². The molecule has 1 aliphatic rings. The van der Waals surface area contributed by atoms with E-state index in [1.807, 2.05) is 13.8 Å². The molecule has 9 nitrogen and oxygen atoms in total. The highest BCUT2D eigenvalue weighted by Crippen LogP contribution is 2.31. The minimum atomic E-state index is -0.911. The standard InChI is InChI=1S/C16H22N2O7/c1-8(2)12-6-18(16(22)17-14(12)21)15-13(24-10(4)20)5-11(25-15)7-23-9(3)19/h6,8,11,13,15H,5,7H2,1-4H3,(H,17,21,22)/t11-,13+,15+/m0/s1. The molecule has 0 aromatic carbocycles. The number of H-pyrrole nitrogens is 1. The molecular formula is C16H22N2O7. The highest BCUT2D eigenvalue weighted by Gasteiger charge is 2.40. The van der Waals surface area contributed by atoms with Gasteiger partial charge in [-0.05, 0) is 5.92 Å². The number of aromatic amines is 1. The van der Waals surface area contributed by atoms with Crippen LogP contribution in [0.4, 0.5) is 0 Å². The molecule has 138 valence electrons. The number of hydrogen-bond acceptors (Lipinski definition) is 7. The van der Waals surface area contributed by atoms with E-state index in [1.54, 1.807) is 0 Å². The Labute approximate surface area is 143 Å². The van der Waals surface area contributed by atoms with Crippen LogP contribution in [-0.4, -0.2) is 40.3 Å². The lowest BCUT2D eigenvalue weighted by molar-refractivity contribution is -0.153. The average Bonchev–Trinajstić information content (AvgIpc) is 2.86. The Morgan fingerprint density at radius 1 is 1.32 bits per heavy atom. The topological polar surface area (TPSA) is 117 Å². The van der Waals surface area contributed by atoms with E-state index in [0.717, 1.165) is 0 Å². The summed E-state index contributed by atoms with van der Waals surface area (Å²) in [6.07, 6.45) is -0.492. The molecular weight excluding hydrogens is 332 g/mol. The van der Waals surface area contributed by atoms with E-state index in [0.29, 0.717) is 5.56 Å². The van der Waals surface area contributed by atoms with Gasteiger partial charge in [0.15, 0.2) is 6.23 Å². The molecule has 1 fully saturated rings. The normalized spacial score (nSPS) is 22.8. The third kappa shape index (κ3) is 4.56. The molecule has 0 aliphatic carbocycles. The third-order valence-electron chi connectivity index (χ3n) is 3.83. The predicted molar refractivity (Wildman–Crippen MR) is 86.1 cm³/mol. The molecule has 0 spiro atoms. The number of carbonyl (C=O) groups excluding carboxylic acids is 2. The summed E-state index contributed by atoms with van der Waals surface area (Å²) in [6.45, 7) is 6.16. The van der Waals surface area contributed by atoms with Crippen molar-refractivity contribution in [1.82, 2.24) is 9.55 Å². The first-order chi connectivity index (χ1) is 11.7. The fourth-order valence-corrected chi connectivity index (χ4v) is 2.70. The second-order valence-corrected chi connectivity index (χ2v) is 6.24. The second-order valence-electron chi connectivity index (χ2n) is 6.24. The molecule has 1 saturated heterocycles. The van der Waals surface area contributed by atoms with Crippen molar-refractivity contribution < 1.29 is 23.8 Å². The van der Waals surface area contributed by atoms with Crippen LogP contribution in [0.5, 0.6) is 0 Å². The molecule has 3 atom stereocenters. The van der Waals surface area contributed by atoms with E-state index in [9.17, 15) is 19.2 Å². The number of nitrogens with one attached hydrogen (secondary N) is 1. The van der Waals surface area contributed by atoms with E-state index in [4.69, 9.17) is 14.2 Å². The van der Waals surface area contributed by atoms with E-state index in [-0.39, 0.29) is 18.9 Å². The zero-order valence-electron chi connectivity index (χ0n) is 14.6. The van der Waals surface area contributed by atoms with Gasteiger partial charge in [-0.25, -0.2) is 4.79 Å². The quantitative estimate of drug-likeness (QED) is 0.763. The van der Waals surface area contributed by atoms with Crippen LogP contribution in [-0.2, 0) is 23.8 Å². The van der Waals surface area contributed by atoms with Crippen molar-refractivity contribution in [3.8, 4) is 0 Å². The molecule has 0 unspecified atom stereocenters. The SMILES string of the molecule is CC(=O)OC[C@@H]1C[C@@H](OC(C)=O)[C@H](n2cc(C(C)C)c(=O)[nH]c2=O)O1. The van der Waals surface area contributed by atoms with Crippen LogP contribution in [0.15, 0.2) is 15.8 Å². The molecule has 1 aromatic rings. The number of aromatic nitrogens is 2. The first-order valence-electron chi connectivity index (χ1n) is 8.00. The zero-order chi connectivity index (χ0) is 18.7. The Morgan fingerprint density at radius 3 is 2.56 bits per heavy atom. The van der Waals surface area contributed by atoms with Gasteiger partial charge in [-0.15, -0.1) is 0 Å². The number of nitrogens with zero attached hydrogens (tertiary/aromatic N) is 1. The number of carbonyl (C=O) groups is 2. The average molecular weight is 354 g/mol. The molecule has 1 aromatic heterocycles. The van der Waals surface area contributed by atoms with Crippen molar-refractivity contribution in [2.75, 3.05) is 6.61 Å². The lowest BCUT2D eigenvalue weighted by Gasteiger charge is -2.21. The number of hydrogen-bond donors (Lipinski definition) is 1. The van der Waals surface area contributed by atoms with Crippen molar-refractivity contribution in [3.05, 3.63) is 32.6 Å². The second kappa shape index (κ2) is 7.64. The van der Waals surface area contributed by atoms with Gasteiger partial charge in [-0.1, -0.05) is 13.8 Å². The Kier molecular flexibility index (Phi) is 5.78. The van der Waals surface area contributed by atoms with Gasteiger partial charge >= 0.3 is 17.6 Å². The van der Waals surface area contributed by atoms with Crippen molar-refractivity contribution in [1.29, 1.82) is 0 Å². The summed E-state index contributed by atoms with van der Waals surface area (Å²) in [4.78, 5) is 48.7. The molecule has 2 heterocycles. The summed E-state index contributed by atoms with van der Waals surface area (Å²) in [5.41, 5.74) is -0.715. The Morgan fingerprint density at radius 2 is 2.00 bits per heavy atom. The smallest absolute Gasteiger partial charge is 0.330 e. The van der Waals surface area contributed by atoms with Crippen LogP contribution in [0, 0.1) is 0 Å². The molecule has 0 bridgehead atoms. The van der Waals surface area contributed by atoms with Crippen LogP contribution < -0.4 is 11.2 Å². The summed E-state index contributed by atoms with van der Waals surface area (Å²) in [5.74, 6) is -1.09. The van der Waals surface area contributed by atoms with Crippen molar-refractivity contribution in [2.45, 2.75) is 58.5 Å². The van der Waals surface area contributed by atoms with E-state index < -0.39 is 41.6 Å². The van der Waals surface area contributed by atoms with Gasteiger partial charge in [0.1, 0.15) is 12.7 Å². The van der Waals surface area contributed by atoms with Gasteiger partial charge in [0.25, 0.3) is 5.56 Å². The van der Waals surface area contributed by atoms with Crippen molar-refractivity contribution in [2.24, 2.45) is 0 Å². The van der Waals surface area contributed by atoms with E-state index in [2.05, 4.69) is 4.98 Å². The number of rotatable bonds is 5. The number of ether oxygens (including phenoxy) is 3. The Hall–Kier alpha value is -2.42. The number of esters is 2. The van der Waals surface area contributed by atoms with Crippen LogP contribution in [0.1, 0.15) is 51.8 Å². The van der Waals surface area contributed by atoms with Crippen molar-refractivity contribution >= 4 is 11.9 Å². The molecule has 0 saturated carbocycles. The summed E-state index contributed by atoms with van der Waals surface area (Å²) in [6, 6.07) is 0. The van der Waals surface area contributed by atoms with Gasteiger partial charge in [-0.2, -0.15) is 0 Å². The molecule has 0 radical (unpaired) electrons. The summed E-state index contributed by atoms with van der Waals surface area (Å²) >= 11 is 0. The van der Waals surface area contributed by atoms with Gasteiger partial charge in [-0.3, -0.25) is 23.9 Å². The van der Waals surface area contributed by atoms with Gasteiger partial charge in [0.05, 0.1) is 6.10 Å². The minimum Gasteiger partial charge on any atom is -0.463 e. The summed E-state index contributed by atoms with van der Waals surface area (Å²) in [7, 11) is 0. The van der Waals surface area contributed by atoms with Crippen LogP contribution in [0.3, 0.4) is 0 Å². The summed E-state index contributed by atoms with van der Waals surface area (Å²) in [5, 5.41) is 0. The lowest BCUT2D eigenvalue weighted by atomic mass is 10.1.